The van der Waals surface area contributed by atoms with E-state index in [9.17, 15) is 0 Å². The zero-order valence-electron chi connectivity index (χ0n) is 12.7. The molecule has 1 aromatic rings. The molecule has 2 aliphatic rings. The molecule has 4 heteroatoms. The molecule has 0 atom stereocenters. The van der Waals surface area contributed by atoms with Gasteiger partial charge in [0.2, 0.25) is 0 Å². The maximum Gasteiger partial charge on any atom is 0.179 e. The third-order valence-corrected chi connectivity index (χ3v) is 4.75. The van der Waals surface area contributed by atoms with Gasteiger partial charge in [-0.1, -0.05) is 18.5 Å². The van der Waals surface area contributed by atoms with Gasteiger partial charge >= 0.3 is 0 Å². The molecule has 1 N–H and O–H groups in total. The van der Waals surface area contributed by atoms with Crippen LogP contribution in [0.4, 0.5) is 0 Å². The van der Waals surface area contributed by atoms with Crippen molar-refractivity contribution < 1.29 is 9.47 Å². The molecular formula is C17H24ClNO2. The lowest BCUT2D eigenvalue weighted by Gasteiger charge is -2.27. The van der Waals surface area contributed by atoms with Crippen LogP contribution in [0.2, 0.25) is 5.02 Å². The summed E-state index contributed by atoms with van der Waals surface area (Å²) in [5.74, 6) is 2.37. The van der Waals surface area contributed by atoms with Crippen molar-refractivity contribution in [3.05, 3.63) is 22.7 Å². The number of nitrogens with one attached hydrogen (secondary N) is 1. The molecule has 0 saturated heterocycles. The van der Waals surface area contributed by atoms with Gasteiger partial charge in [-0.2, -0.15) is 0 Å². The number of rotatable bonds is 3. The summed E-state index contributed by atoms with van der Waals surface area (Å²) in [7, 11) is 0. The van der Waals surface area contributed by atoms with Crippen molar-refractivity contribution in [1.82, 2.24) is 5.32 Å². The molecule has 21 heavy (non-hydrogen) atoms. The fraction of sp³-hybridized carbons (Fsp3) is 0.647. The minimum Gasteiger partial charge on any atom is -0.489 e. The Morgan fingerprint density at radius 1 is 1.14 bits per heavy atom. The molecule has 3 rings (SSSR count). The smallest absolute Gasteiger partial charge is 0.179 e. The first-order valence-corrected chi connectivity index (χ1v) is 8.41. The van der Waals surface area contributed by atoms with Gasteiger partial charge in [-0.3, -0.25) is 0 Å². The van der Waals surface area contributed by atoms with Gasteiger partial charge < -0.3 is 14.8 Å². The van der Waals surface area contributed by atoms with Gasteiger partial charge in [0, 0.05) is 19.0 Å². The summed E-state index contributed by atoms with van der Waals surface area (Å²) in [6.07, 6.45) is 6.12. The lowest BCUT2D eigenvalue weighted by atomic mass is 9.87. The zero-order chi connectivity index (χ0) is 14.7. The molecule has 1 heterocycles. The predicted octanol–water partition coefficient (Wildman–Crippen LogP) is 4.17. The summed E-state index contributed by atoms with van der Waals surface area (Å²) in [6.45, 7) is 4.56. The average Bonchev–Trinajstić information content (AvgIpc) is 2.72. The molecule has 1 saturated carbocycles. The van der Waals surface area contributed by atoms with E-state index in [4.69, 9.17) is 21.1 Å². The standard InChI is InChI=1S/C17H24ClNO2/c1-12-3-5-14(6-4-12)19-11-13-9-15(18)17-16(10-13)20-7-2-8-21-17/h9-10,12,14,19H,2-8,11H2,1H3. The molecule has 1 aliphatic heterocycles. The van der Waals surface area contributed by atoms with Gasteiger partial charge in [0.25, 0.3) is 0 Å². The SMILES string of the molecule is CC1CCC(NCc2cc(Cl)c3c(c2)OCCCO3)CC1. The summed E-state index contributed by atoms with van der Waals surface area (Å²) in [5.41, 5.74) is 1.17. The minimum atomic E-state index is 0.635. The number of halogens is 1. The topological polar surface area (TPSA) is 30.5 Å². The summed E-state index contributed by atoms with van der Waals surface area (Å²) in [6, 6.07) is 4.69. The van der Waals surface area contributed by atoms with Crippen LogP contribution in [0.1, 0.15) is 44.6 Å². The van der Waals surface area contributed by atoms with Crippen molar-refractivity contribution in [2.45, 2.75) is 51.6 Å². The van der Waals surface area contributed by atoms with E-state index in [1.165, 1.54) is 31.2 Å². The van der Waals surface area contributed by atoms with Gasteiger partial charge in [0.15, 0.2) is 11.5 Å². The zero-order valence-corrected chi connectivity index (χ0v) is 13.4. The van der Waals surface area contributed by atoms with Crippen LogP contribution in [0, 0.1) is 5.92 Å². The number of benzene rings is 1. The Balaban J connectivity index is 1.63. The summed E-state index contributed by atoms with van der Waals surface area (Å²) in [4.78, 5) is 0. The maximum absolute atomic E-state index is 6.33. The highest BCUT2D eigenvalue weighted by Crippen LogP contribution is 2.38. The molecule has 1 fully saturated rings. The fourth-order valence-electron chi connectivity index (χ4n) is 3.11. The van der Waals surface area contributed by atoms with Crippen LogP contribution < -0.4 is 14.8 Å². The Hall–Kier alpha value is -0.930. The lowest BCUT2D eigenvalue weighted by molar-refractivity contribution is 0.296. The molecule has 0 unspecified atom stereocenters. The largest absolute Gasteiger partial charge is 0.489 e. The normalized spacial score (nSPS) is 25.4. The molecule has 1 aliphatic carbocycles. The summed E-state index contributed by atoms with van der Waals surface area (Å²) >= 11 is 6.33. The Labute approximate surface area is 132 Å². The van der Waals surface area contributed by atoms with Crippen LogP contribution in [-0.2, 0) is 6.54 Å². The molecule has 0 spiro atoms. The van der Waals surface area contributed by atoms with Crippen molar-refractivity contribution in [1.29, 1.82) is 0 Å². The number of hydrogen-bond donors (Lipinski definition) is 1. The quantitative estimate of drug-likeness (QED) is 0.909. The van der Waals surface area contributed by atoms with Gasteiger partial charge in [-0.05, 0) is 49.3 Å². The van der Waals surface area contributed by atoms with E-state index < -0.39 is 0 Å². The summed E-state index contributed by atoms with van der Waals surface area (Å²) < 4.78 is 11.4. The average molecular weight is 310 g/mol. The van der Waals surface area contributed by atoms with E-state index in [0.717, 1.165) is 24.6 Å². The predicted molar refractivity (Wildman–Crippen MR) is 85.3 cm³/mol. The highest BCUT2D eigenvalue weighted by molar-refractivity contribution is 6.32. The first kappa shape index (κ1) is 15.0. The molecule has 0 bridgehead atoms. The van der Waals surface area contributed by atoms with Crippen LogP contribution in [-0.4, -0.2) is 19.3 Å². The van der Waals surface area contributed by atoms with Crippen LogP contribution in [0.25, 0.3) is 0 Å². The number of ether oxygens (including phenoxy) is 2. The van der Waals surface area contributed by atoms with Gasteiger partial charge in [0.1, 0.15) is 0 Å². The molecular weight excluding hydrogens is 286 g/mol. The maximum atomic E-state index is 6.33. The summed E-state index contributed by atoms with van der Waals surface area (Å²) in [5, 5.41) is 4.31. The monoisotopic (exact) mass is 309 g/mol. The van der Waals surface area contributed by atoms with Gasteiger partial charge in [-0.15, -0.1) is 0 Å². The Bertz CT molecular complexity index is 484. The third kappa shape index (κ3) is 3.83. The van der Waals surface area contributed by atoms with Crippen molar-refractivity contribution >= 4 is 11.6 Å². The molecule has 0 aromatic heterocycles. The van der Waals surface area contributed by atoms with Gasteiger partial charge in [-0.25, -0.2) is 0 Å². The Morgan fingerprint density at radius 3 is 2.71 bits per heavy atom. The minimum absolute atomic E-state index is 0.635. The Morgan fingerprint density at radius 2 is 1.90 bits per heavy atom. The molecule has 116 valence electrons. The fourth-order valence-corrected chi connectivity index (χ4v) is 3.40. The van der Waals surface area contributed by atoms with Crippen LogP contribution >= 0.6 is 11.6 Å². The van der Waals surface area contributed by atoms with Crippen LogP contribution in [0.3, 0.4) is 0 Å². The number of fused-ring (bicyclic) bond motifs is 1. The molecule has 0 radical (unpaired) electrons. The van der Waals surface area contributed by atoms with E-state index in [1.807, 2.05) is 6.07 Å². The molecule has 3 nitrogen and oxygen atoms in total. The highest BCUT2D eigenvalue weighted by Gasteiger charge is 2.19. The van der Waals surface area contributed by atoms with Crippen LogP contribution in [0.15, 0.2) is 12.1 Å². The van der Waals surface area contributed by atoms with E-state index in [2.05, 4.69) is 18.3 Å². The number of hydrogen-bond acceptors (Lipinski definition) is 3. The van der Waals surface area contributed by atoms with Crippen molar-refractivity contribution in [3.63, 3.8) is 0 Å². The second-order valence-corrected chi connectivity index (χ2v) is 6.70. The van der Waals surface area contributed by atoms with Gasteiger partial charge in [0.05, 0.1) is 18.2 Å². The molecule has 1 aromatic carbocycles. The van der Waals surface area contributed by atoms with E-state index in [-0.39, 0.29) is 0 Å². The van der Waals surface area contributed by atoms with Crippen molar-refractivity contribution in [2.24, 2.45) is 5.92 Å². The molecule has 0 amide bonds. The van der Waals surface area contributed by atoms with Crippen LogP contribution in [0.5, 0.6) is 11.5 Å². The van der Waals surface area contributed by atoms with E-state index in [1.54, 1.807) is 0 Å². The first-order valence-electron chi connectivity index (χ1n) is 8.04. The highest BCUT2D eigenvalue weighted by atomic mass is 35.5. The lowest BCUT2D eigenvalue weighted by Crippen LogP contribution is -2.32. The van der Waals surface area contributed by atoms with E-state index >= 15 is 0 Å². The van der Waals surface area contributed by atoms with Crippen molar-refractivity contribution in [3.8, 4) is 11.5 Å². The first-order chi connectivity index (χ1) is 10.2. The second kappa shape index (κ2) is 6.89. The van der Waals surface area contributed by atoms with Crippen molar-refractivity contribution in [2.75, 3.05) is 13.2 Å². The second-order valence-electron chi connectivity index (χ2n) is 6.29. The Kier molecular flexibility index (Phi) is 4.91. The third-order valence-electron chi connectivity index (χ3n) is 4.47. The van der Waals surface area contributed by atoms with E-state index in [0.29, 0.717) is 30.0 Å².